The molecule has 0 unspecified atom stereocenters. The highest BCUT2D eigenvalue weighted by Gasteiger charge is 2.24. The van der Waals surface area contributed by atoms with E-state index in [0.29, 0.717) is 30.8 Å². The monoisotopic (exact) mass is 292 g/mol. The SMILES string of the molecule is COCc1noc(CN2CCC(c3n[nH]c(C)n3)CC2)n1. The van der Waals surface area contributed by atoms with Crippen LogP contribution in [0.1, 0.15) is 42.1 Å². The average Bonchev–Trinajstić information content (AvgIpc) is 3.10. The molecule has 0 aliphatic carbocycles. The van der Waals surface area contributed by atoms with Crippen LogP contribution >= 0.6 is 0 Å². The van der Waals surface area contributed by atoms with Gasteiger partial charge in [-0.1, -0.05) is 5.16 Å². The Morgan fingerprint density at radius 3 is 2.81 bits per heavy atom. The van der Waals surface area contributed by atoms with E-state index in [1.807, 2.05) is 6.92 Å². The first kappa shape index (κ1) is 14.2. The van der Waals surface area contributed by atoms with Crippen molar-refractivity contribution in [3.63, 3.8) is 0 Å². The van der Waals surface area contributed by atoms with Gasteiger partial charge in [0.2, 0.25) is 5.89 Å². The van der Waals surface area contributed by atoms with Crippen LogP contribution in [-0.2, 0) is 17.9 Å². The molecule has 8 nitrogen and oxygen atoms in total. The third-order valence-electron chi connectivity index (χ3n) is 3.71. The van der Waals surface area contributed by atoms with Gasteiger partial charge in [-0.3, -0.25) is 10.00 Å². The fourth-order valence-corrected chi connectivity index (χ4v) is 2.63. The van der Waals surface area contributed by atoms with Crippen LogP contribution in [-0.4, -0.2) is 50.4 Å². The number of aryl methyl sites for hydroxylation is 1. The number of hydrogen-bond acceptors (Lipinski definition) is 7. The summed E-state index contributed by atoms with van der Waals surface area (Å²) in [6.07, 6.45) is 2.10. The van der Waals surface area contributed by atoms with Crippen molar-refractivity contribution in [2.24, 2.45) is 0 Å². The molecule has 1 aliphatic heterocycles. The van der Waals surface area contributed by atoms with Crippen LogP contribution in [0.4, 0.5) is 0 Å². The Balaban J connectivity index is 1.51. The molecule has 0 spiro atoms. The van der Waals surface area contributed by atoms with Crippen LogP contribution in [0.2, 0.25) is 0 Å². The van der Waals surface area contributed by atoms with E-state index < -0.39 is 0 Å². The van der Waals surface area contributed by atoms with Crippen LogP contribution in [0.3, 0.4) is 0 Å². The van der Waals surface area contributed by atoms with E-state index in [-0.39, 0.29) is 0 Å². The molecular weight excluding hydrogens is 272 g/mol. The van der Waals surface area contributed by atoms with Crippen LogP contribution in [0.25, 0.3) is 0 Å². The van der Waals surface area contributed by atoms with E-state index >= 15 is 0 Å². The molecule has 1 aliphatic rings. The summed E-state index contributed by atoms with van der Waals surface area (Å²) < 4.78 is 10.2. The number of nitrogens with one attached hydrogen (secondary N) is 1. The fraction of sp³-hybridized carbons (Fsp3) is 0.692. The quantitative estimate of drug-likeness (QED) is 0.879. The number of methoxy groups -OCH3 is 1. The topological polar surface area (TPSA) is 93.0 Å². The Morgan fingerprint density at radius 2 is 2.14 bits per heavy atom. The van der Waals surface area contributed by atoms with Crippen molar-refractivity contribution >= 4 is 0 Å². The predicted octanol–water partition coefficient (Wildman–Crippen LogP) is 1.02. The largest absolute Gasteiger partial charge is 0.377 e. The van der Waals surface area contributed by atoms with Crippen molar-refractivity contribution in [2.45, 2.75) is 38.8 Å². The van der Waals surface area contributed by atoms with Gasteiger partial charge in [-0.25, -0.2) is 4.98 Å². The number of H-pyrrole nitrogens is 1. The Morgan fingerprint density at radius 1 is 1.33 bits per heavy atom. The van der Waals surface area contributed by atoms with E-state index in [1.54, 1.807) is 7.11 Å². The van der Waals surface area contributed by atoms with E-state index in [1.165, 1.54) is 0 Å². The van der Waals surface area contributed by atoms with Gasteiger partial charge in [-0.2, -0.15) is 10.1 Å². The third kappa shape index (κ3) is 3.45. The summed E-state index contributed by atoms with van der Waals surface area (Å²) in [6, 6.07) is 0. The lowest BCUT2D eigenvalue weighted by molar-refractivity contribution is 0.172. The highest BCUT2D eigenvalue weighted by atomic mass is 16.5. The summed E-state index contributed by atoms with van der Waals surface area (Å²) in [5.41, 5.74) is 0. The summed E-state index contributed by atoms with van der Waals surface area (Å²) in [5, 5.41) is 11.0. The lowest BCUT2D eigenvalue weighted by atomic mass is 9.96. The second-order valence-electron chi connectivity index (χ2n) is 5.37. The van der Waals surface area contributed by atoms with E-state index in [2.05, 4.69) is 30.2 Å². The molecule has 0 saturated carbocycles. The van der Waals surface area contributed by atoms with Gasteiger partial charge >= 0.3 is 0 Å². The van der Waals surface area contributed by atoms with Crippen molar-refractivity contribution in [1.82, 2.24) is 30.2 Å². The molecule has 1 saturated heterocycles. The molecular formula is C13H20N6O2. The highest BCUT2D eigenvalue weighted by Crippen LogP contribution is 2.26. The predicted molar refractivity (Wildman–Crippen MR) is 73.4 cm³/mol. The van der Waals surface area contributed by atoms with Gasteiger partial charge in [-0.05, 0) is 32.9 Å². The molecule has 2 aromatic rings. The summed E-state index contributed by atoms with van der Waals surface area (Å²) in [6.45, 7) is 4.98. The lowest BCUT2D eigenvalue weighted by Crippen LogP contribution is -2.32. The number of likely N-dealkylation sites (tertiary alicyclic amines) is 1. The van der Waals surface area contributed by atoms with E-state index in [0.717, 1.165) is 37.6 Å². The minimum absolute atomic E-state index is 0.385. The van der Waals surface area contributed by atoms with Gasteiger partial charge in [0, 0.05) is 13.0 Å². The summed E-state index contributed by atoms with van der Waals surface area (Å²) in [4.78, 5) is 11.0. The van der Waals surface area contributed by atoms with Crippen molar-refractivity contribution < 1.29 is 9.26 Å². The van der Waals surface area contributed by atoms with Gasteiger partial charge < -0.3 is 9.26 Å². The minimum atomic E-state index is 0.385. The number of aromatic amines is 1. The minimum Gasteiger partial charge on any atom is -0.377 e. The Bertz CT molecular complexity index is 573. The van der Waals surface area contributed by atoms with Gasteiger partial charge in [0.15, 0.2) is 11.6 Å². The van der Waals surface area contributed by atoms with Crippen LogP contribution in [0.5, 0.6) is 0 Å². The molecule has 0 atom stereocenters. The maximum absolute atomic E-state index is 5.22. The first-order valence-electron chi connectivity index (χ1n) is 7.16. The summed E-state index contributed by atoms with van der Waals surface area (Å²) in [5.74, 6) is 3.50. The number of rotatable bonds is 5. The first-order chi connectivity index (χ1) is 10.2. The van der Waals surface area contributed by atoms with Crippen molar-refractivity contribution in [3.8, 4) is 0 Å². The smallest absolute Gasteiger partial charge is 0.240 e. The molecule has 0 bridgehead atoms. The molecule has 21 heavy (non-hydrogen) atoms. The van der Waals surface area contributed by atoms with Crippen molar-refractivity contribution in [3.05, 3.63) is 23.4 Å². The fourth-order valence-electron chi connectivity index (χ4n) is 2.63. The number of hydrogen-bond donors (Lipinski definition) is 1. The van der Waals surface area contributed by atoms with Gasteiger partial charge in [0.25, 0.3) is 0 Å². The summed E-state index contributed by atoms with van der Waals surface area (Å²) >= 11 is 0. The van der Waals surface area contributed by atoms with Crippen molar-refractivity contribution in [2.75, 3.05) is 20.2 Å². The van der Waals surface area contributed by atoms with Crippen LogP contribution < -0.4 is 0 Å². The van der Waals surface area contributed by atoms with Gasteiger partial charge in [0.05, 0.1) is 6.54 Å². The normalized spacial score (nSPS) is 17.4. The van der Waals surface area contributed by atoms with E-state index in [4.69, 9.17) is 9.26 Å². The molecule has 8 heteroatoms. The molecule has 114 valence electrons. The molecule has 3 rings (SSSR count). The van der Waals surface area contributed by atoms with Gasteiger partial charge in [0.1, 0.15) is 12.4 Å². The van der Waals surface area contributed by atoms with E-state index in [9.17, 15) is 0 Å². The number of aromatic nitrogens is 5. The molecule has 0 radical (unpaired) electrons. The lowest BCUT2D eigenvalue weighted by Gasteiger charge is -2.29. The van der Waals surface area contributed by atoms with Gasteiger partial charge in [-0.15, -0.1) is 0 Å². The van der Waals surface area contributed by atoms with Crippen LogP contribution in [0.15, 0.2) is 4.52 Å². The number of ether oxygens (including phenoxy) is 1. The second kappa shape index (κ2) is 6.31. The Kier molecular flexibility index (Phi) is 4.26. The number of piperidine rings is 1. The molecule has 2 aromatic heterocycles. The zero-order valence-corrected chi connectivity index (χ0v) is 12.4. The molecule has 1 fully saturated rings. The Labute approximate surface area is 122 Å². The standard InChI is InChI=1S/C13H20N6O2/c1-9-14-13(17-16-9)10-3-5-19(6-4-10)7-12-15-11(8-20-2)18-21-12/h10H,3-8H2,1-2H3,(H,14,16,17). The second-order valence-corrected chi connectivity index (χ2v) is 5.37. The maximum Gasteiger partial charge on any atom is 0.240 e. The maximum atomic E-state index is 5.22. The Hall–Kier alpha value is -1.80. The molecule has 1 N–H and O–H groups in total. The molecule has 0 amide bonds. The van der Waals surface area contributed by atoms with Crippen molar-refractivity contribution in [1.29, 1.82) is 0 Å². The molecule has 3 heterocycles. The first-order valence-corrected chi connectivity index (χ1v) is 7.16. The zero-order chi connectivity index (χ0) is 14.7. The third-order valence-corrected chi connectivity index (χ3v) is 3.71. The highest BCUT2D eigenvalue weighted by molar-refractivity contribution is 4.99. The molecule has 0 aromatic carbocycles. The van der Waals surface area contributed by atoms with Crippen LogP contribution in [0, 0.1) is 6.92 Å². The zero-order valence-electron chi connectivity index (χ0n) is 12.4. The average molecular weight is 292 g/mol. The number of nitrogens with zero attached hydrogens (tertiary/aromatic N) is 5. The summed E-state index contributed by atoms with van der Waals surface area (Å²) in [7, 11) is 1.62.